The fourth-order valence-corrected chi connectivity index (χ4v) is 2.19. The fourth-order valence-electron chi connectivity index (χ4n) is 2.19. The van der Waals surface area contributed by atoms with Crippen LogP contribution in [0.4, 0.5) is 4.79 Å². The van der Waals surface area contributed by atoms with Crippen molar-refractivity contribution in [1.29, 1.82) is 0 Å². The normalized spacial score (nSPS) is 10.4. The Bertz CT molecular complexity index is 796. The lowest BCUT2D eigenvalue weighted by Crippen LogP contribution is -2.06. The van der Waals surface area contributed by atoms with Crippen LogP contribution in [0.2, 0.25) is 0 Å². The highest BCUT2D eigenvalue weighted by atomic mass is 16.7. The predicted octanol–water partition coefficient (Wildman–Crippen LogP) is 3.77. The molecule has 0 radical (unpaired) electrons. The number of pyridine rings is 1. The molecule has 110 valence electrons. The molecule has 0 atom stereocenters. The van der Waals surface area contributed by atoms with Gasteiger partial charge in [-0.3, -0.25) is 0 Å². The van der Waals surface area contributed by atoms with Crippen LogP contribution in [0.15, 0.2) is 53.6 Å². The summed E-state index contributed by atoms with van der Waals surface area (Å²) < 4.78 is 9.64. The maximum absolute atomic E-state index is 10.7. The SMILES string of the molecule is Cc1c(-c2ccc(-c3cocn3)cc2)ccnc1OC(=O)O. The van der Waals surface area contributed by atoms with E-state index in [1.807, 2.05) is 30.3 Å². The van der Waals surface area contributed by atoms with Gasteiger partial charge < -0.3 is 14.3 Å². The van der Waals surface area contributed by atoms with Crippen LogP contribution < -0.4 is 4.74 Å². The number of rotatable bonds is 3. The molecular formula is C16H12N2O4. The highest BCUT2D eigenvalue weighted by Gasteiger charge is 2.11. The van der Waals surface area contributed by atoms with Gasteiger partial charge in [0.05, 0.1) is 0 Å². The second-order valence-electron chi connectivity index (χ2n) is 4.61. The number of benzene rings is 1. The van der Waals surface area contributed by atoms with Gasteiger partial charge in [0.1, 0.15) is 12.0 Å². The first-order chi connectivity index (χ1) is 10.6. The van der Waals surface area contributed by atoms with E-state index in [9.17, 15) is 4.79 Å². The van der Waals surface area contributed by atoms with Crippen LogP contribution in [0.25, 0.3) is 22.4 Å². The molecule has 0 unspecified atom stereocenters. The number of ether oxygens (including phenoxy) is 1. The summed E-state index contributed by atoms with van der Waals surface area (Å²) in [5.41, 5.74) is 4.15. The number of nitrogens with zero attached hydrogens (tertiary/aromatic N) is 2. The zero-order valence-electron chi connectivity index (χ0n) is 11.7. The molecule has 2 heterocycles. The molecule has 3 rings (SSSR count). The van der Waals surface area contributed by atoms with Gasteiger partial charge in [0.25, 0.3) is 0 Å². The Morgan fingerprint density at radius 2 is 1.86 bits per heavy atom. The third-order valence-electron chi connectivity index (χ3n) is 3.27. The number of hydrogen-bond donors (Lipinski definition) is 1. The summed E-state index contributed by atoms with van der Waals surface area (Å²) in [6, 6.07) is 9.51. The molecule has 22 heavy (non-hydrogen) atoms. The standard InChI is InChI=1S/C16H12N2O4/c1-10-13(6-7-17-15(10)22-16(19)20)11-2-4-12(5-3-11)14-8-21-9-18-14/h2-9H,1H3,(H,19,20). The van der Waals surface area contributed by atoms with Gasteiger partial charge in [0.15, 0.2) is 6.39 Å². The van der Waals surface area contributed by atoms with Crippen molar-refractivity contribution in [1.82, 2.24) is 9.97 Å². The second-order valence-corrected chi connectivity index (χ2v) is 4.61. The number of aromatic nitrogens is 2. The number of carbonyl (C=O) groups is 1. The maximum Gasteiger partial charge on any atom is 0.512 e. The molecule has 2 aromatic heterocycles. The van der Waals surface area contributed by atoms with Crippen LogP contribution in [0.5, 0.6) is 5.88 Å². The molecule has 6 nitrogen and oxygen atoms in total. The second kappa shape index (κ2) is 5.69. The van der Waals surface area contributed by atoms with Gasteiger partial charge in [0, 0.05) is 17.3 Å². The van der Waals surface area contributed by atoms with E-state index in [1.165, 1.54) is 12.6 Å². The predicted molar refractivity (Wildman–Crippen MR) is 78.6 cm³/mol. The molecule has 0 aliphatic carbocycles. The smallest absolute Gasteiger partial charge is 0.451 e. The zero-order valence-corrected chi connectivity index (χ0v) is 11.7. The molecule has 1 N–H and O–H groups in total. The molecule has 0 aliphatic heterocycles. The Kier molecular flexibility index (Phi) is 3.57. The van der Waals surface area contributed by atoms with Gasteiger partial charge in [-0.1, -0.05) is 24.3 Å². The molecule has 0 spiro atoms. The summed E-state index contributed by atoms with van der Waals surface area (Å²) in [5, 5.41) is 8.72. The number of hydrogen-bond acceptors (Lipinski definition) is 5. The van der Waals surface area contributed by atoms with Gasteiger partial charge in [0.2, 0.25) is 5.88 Å². The van der Waals surface area contributed by atoms with Crippen molar-refractivity contribution in [3.05, 3.63) is 54.7 Å². The maximum atomic E-state index is 10.7. The first-order valence-corrected chi connectivity index (χ1v) is 6.50. The molecule has 0 amide bonds. The minimum absolute atomic E-state index is 0.0885. The van der Waals surface area contributed by atoms with Crippen molar-refractivity contribution in [2.45, 2.75) is 6.92 Å². The van der Waals surface area contributed by atoms with E-state index in [-0.39, 0.29) is 5.88 Å². The quantitative estimate of drug-likeness (QED) is 0.740. The monoisotopic (exact) mass is 296 g/mol. The summed E-state index contributed by atoms with van der Waals surface area (Å²) in [6.07, 6.45) is 3.10. The van der Waals surface area contributed by atoms with Gasteiger partial charge in [-0.15, -0.1) is 0 Å². The Balaban J connectivity index is 1.96. The van der Waals surface area contributed by atoms with Gasteiger partial charge in [-0.2, -0.15) is 0 Å². The van der Waals surface area contributed by atoms with Crippen molar-refractivity contribution >= 4 is 6.16 Å². The van der Waals surface area contributed by atoms with Gasteiger partial charge in [-0.05, 0) is 24.1 Å². The van der Waals surface area contributed by atoms with Crippen LogP contribution in [-0.2, 0) is 0 Å². The number of carboxylic acid groups (broad SMARTS) is 1. The van der Waals surface area contributed by atoms with E-state index >= 15 is 0 Å². The van der Waals surface area contributed by atoms with Crippen LogP contribution in [0.3, 0.4) is 0 Å². The minimum atomic E-state index is -1.38. The first kappa shape index (κ1) is 13.8. The molecule has 6 heteroatoms. The van der Waals surface area contributed by atoms with Gasteiger partial charge in [-0.25, -0.2) is 14.8 Å². The minimum Gasteiger partial charge on any atom is -0.451 e. The Labute approximate surface area is 126 Å². The average molecular weight is 296 g/mol. The van der Waals surface area contributed by atoms with E-state index in [0.29, 0.717) is 5.56 Å². The molecule has 0 bridgehead atoms. The average Bonchev–Trinajstić information content (AvgIpc) is 3.04. The summed E-state index contributed by atoms with van der Waals surface area (Å²) in [5.74, 6) is 0.0885. The van der Waals surface area contributed by atoms with Crippen molar-refractivity contribution in [2.24, 2.45) is 0 Å². The lowest BCUT2D eigenvalue weighted by atomic mass is 10.0. The molecular weight excluding hydrogens is 284 g/mol. The van der Waals surface area contributed by atoms with Crippen molar-refractivity contribution in [3.8, 4) is 28.3 Å². The lowest BCUT2D eigenvalue weighted by molar-refractivity contribution is 0.142. The van der Waals surface area contributed by atoms with Crippen molar-refractivity contribution in [3.63, 3.8) is 0 Å². The highest BCUT2D eigenvalue weighted by molar-refractivity contribution is 5.72. The van der Waals surface area contributed by atoms with Crippen LogP contribution in [-0.4, -0.2) is 21.2 Å². The van der Waals surface area contributed by atoms with E-state index in [1.54, 1.807) is 13.2 Å². The lowest BCUT2D eigenvalue weighted by Gasteiger charge is -2.09. The molecule has 1 aromatic carbocycles. The van der Waals surface area contributed by atoms with Crippen LogP contribution in [0.1, 0.15) is 5.56 Å². The largest absolute Gasteiger partial charge is 0.512 e. The summed E-state index contributed by atoms with van der Waals surface area (Å²) in [6.45, 7) is 1.77. The Morgan fingerprint density at radius 1 is 1.14 bits per heavy atom. The Morgan fingerprint density at radius 3 is 2.50 bits per heavy atom. The van der Waals surface area contributed by atoms with Crippen LogP contribution in [0, 0.1) is 6.92 Å². The fraction of sp³-hybridized carbons (Fsp3) is 0.0625. The van der Waals surface area contributed by atoms with Crippen LogP contribution >= 0.6 is 0 Å². The van der Waals surface area contributed by atoms with E-state index in [0.717, 1.165) is 22.4 Å². The first-order valence-electron chi connectivity index (χ1n) is 6.50. The van der Waals surface area contributed by atoms with E-state index in [2.05, 4.69) is 14.7 Å². The molecule has 3 aromatic rings. The molecule has 0 saturated heterocycles. The third-order valence-corrected chi connectivity index (χ3v) is 3.27. The topological polar surface area (TPSA) is 85.5 Å². The highest BCUT2D eigenvalue weighted by Crippen LogP contribution is 2.29. The van der Waals surface area contributed by atoms with Crippen molar-refractivity contribution in [2.75, 3.05) is 0 Å². The Hall–Kier alpha value is -3.15. The molecule has 0 fully saturated rings. The molecule has 0 aliphatic rings. The summed E-state index contributed by atoms with van der Waals surface area (Å²) in [4.78, 5) is 18.7. The zero-order chi connectivity index (χ0) is 15.5. The van der Waals surface area contributed by atoms with E-state index in [4.69, 9.17) is 9.52 Å². The molecule has 0 saturated carbocycles. The third kappa shape index (κ3) is 2.67. The van der Waals surface area contributed by atoms with E-state index < -0.39 is 6.16 Å². The van der Waals surface area contributed by atoms with Crippen molar-refractivity contribution < 1.29 is 19.1 Å². The van der Waals surface area contributed by atoms with Gasteiger partial charge >= 0.3 is 6.16 Å². The summed E-state index contributed by atoms with van der Waals surface area (Å²) in [7, 11) is 0. The summed E-state index contributed by atoms with van der Waals surface area (Å²) >= 11 is 0. The number of oxazole rings is 1.